The number of hydrogen-bond acceptors (Lipinski definition) is 11. The van der Waals surface area contributed by atoms with E-state index in [-0.39, 0.29) is 35.6 Å². The van der Waals surface area contributed by atoms with Crippen molar-refractivity contribution in [3.05, 3.63) is 66.2 Å². The van der Waals surface area contributed by atoms with Gasteiger partial charge in [0.25, 0.3) is 5.91 Å². The number of aromatic nitrogens is 2. The van der Waals surface area contributed by atoms with Crippen LogP contribution in [-0.4, -0.2) is 94.5 Å². The summed E-state index contributed by atoms with van der Waals surface area (Å²) in [6, 6.07) is 10.0. The van der Waals surface area contributed by atoms with Crippen molar-refractivity contribution >= 4 is 51.1 Å². The van der Waals surface area contributed by atoms with Gasteiger partial charge in [0.1, 0.15) is 11.8 Å². The second-order valence-electron chi connectivity index (χ2n) is 14.6. The predicted octanol–water partition coefficient (Wildman–Crippen LogP) is 4.89. The highest BCUT2D eigenvalue weighted by Gasteiger charge is 2.30. The molecular weight excluding hydrogens is 728 g/mol. The number of carbonyl (C=O) groups excluding carboxylic acids is 4. The SMILES string of the molecule is CC(C)C(N)C(=O)NC(C(=O)OCC(=O)N1CCN(Cc2ccc(-c3cc4nccc(Oc5ccc(NC(=O)NC6CC6)cc5F)c4s3)nc2)CC1)C(C)C. The van der Waals surface area contributed by atoms with E-state index in [1.807, 2.05) is 38.2 Å². The minimum atomic E-state index is -0.902. The molecule has 4 amide bonds. The number of piperazine rings is 1. The summed E-state index contributed by atoms with van der Waals surface area (Å²) in [4.78, 5) is 64.1. The molecule has 0 radical (unpaired) electrons. The Labute approximate surface area is 323 Å². The first-order valence-corrected chi connectivity index (χ1v) is 19.3. The summed E-state index contributed by atoms with van der Waals surface area (Å²) in [7, 11) is 0. The number of fused-ring (bicyclic) bond motifs is 1. The van der Waals surface area contributed by atoms with E-state index < -0.39 is 36.4 Å². The Kier molecular flexibility index (Phi) is 12.6. The molecule has 3 aromatic heterocycles. The van der Waals surface area contributed by atoms with Crippen LogP contribution >= 0.6 is 11.3 Å². The van der Waals surface area contributed by atoms with Crippen LogP contribution in [0.2, 0.25) is 0 Å². The van der Waals surface area contributed by atoms with Gasteiger partial charge in [-0.2, -0.15) is 0 Å². The lowest BCUT2D eigenvalue weighted by molar-refractivity contribution is -0.156. The summed E-state index contributed by atoms with van der Waals surface area (Å²) in [6.45, 7) is 9.72. The number of benzene rings is 1. The van der Waals surface area contributed by atoms with E-state index in [0.29, 0.717) is 49.7 Å². The molecule has 4 aromatic rings. The molecule has 0 spiro atoms. The Bertz CT molecular complexity index is 2010. The van der Waals surface area contributed by atoms with Crippen LogP contribution < -0.4 is 26.4 Å². The average Bonchev–Trinajstić information content (AvgIpc) is 3.86. The van der Waals surface area contributed by atoms with Gasteiger partial charge in [-0.15, -0.1) is 11.3 Å². The normalized spacial score (nSPS) is 15.8. The number of nitrogens with zero attached hydrogens (tertiary/aromatic N) is 4. The smallest absolute Gasteiger partial charge is 0.329 e. The van der Waals surface area contributed by atoms with Crippen molar-refractivity contribution < 1.29 is 33.0 Å². The van der Waals surface area contributed by atoms with Crippen LogP contribution in [0.5, 0.6) is 11.5 Å². The Balaban J connectivity index is 0.986. The van der Waals surface area contributed by atoms with Gasteiger partial charge in [-0.3, -0.25) is 24.5 Å². The number of urea groups is 1. The zero-order chi connectivity index (χ0) is 39.2. The minimum absolute atomic E-state index is 0.0247. The maximum atomic E-state index is 15.0. The van der Waals surface area contributed by atoms with Gasteiger partial charge in [0.15, 0.2) is 18.2 Å². The van der Waals surface area contributed by atoms with E-state index in [2.05, 4.69) is 25.8 Å². The first kappa shape index (κ1) is 39.5. The Hall–Kier alpha value is -5.19. The number of pyridine rings is 2. The molecule has 0 bridgehead atoms. The molecule has 1 saturated carbocycles. The number of nitrogens with one attached hydrogen (secondary N) is 3. The van der Waals surface area contributed by atoms with Gasteiger partial charge in [0.05, 0.1) is 26.8 Å². The summed E-state index contributed by atoms with van der Waals surface area (Å²) < 4.78 is 27.0. The molecule has 1 aliphatic carbocycles. The molecule has 55 heavy (non-hydrogen) atoms. The quantitative estimate of drug-likeness (QED) is 0.129. The lowest BCUT2D eigenvalue weighted by Gasteiger charge is -2.34. The topological polar surface area (TPSA) is 181 Å². The van der Waals surface area contributed by atoms with Crippen LogP contribution in [0.4, 0.5) is 14.9 Å². The van der Waals surface area contributed by atoms with Crippen LogP contribution in [-0.2, 0) is 25.7 Å². The number of esters is 1. The molecular formula is C39H47FN8O6S. The van der Waals surface area contributed by atoms with Crippen molar-refractivity contribution in [1.29, 1.82) is 0 Å². The summed E-state index contributed by atoms with van der Waals surface area (Å²) >= 11 is 1.44. The molecule has 1 aromatic carbocycles. The number of nitrogens with two attached hydrogens (primary N) is 1. The fraction of sp³-hybridized carbons (Fsp3) is 0.436. The number of hydrogen-bond donors (Lipinski definition) is 4. The van der Waals surface area contributed by atoms with Crippen molar-refractivity contribution in [2.75, 3.05) is 38.1 Å². The van der Waals surface area contributed by atoms with Gasteiger partial charge < -0.3 is 36.1 Å². The number of amides is 4. The van der Waals surface area contributed by atoms with Crippen molar-refractivity contribution in [3.8, 4) is 22.1 Å². The Morgan fingerprint density at radius 3 is 2.38 bits per heavy atom. The molecule has 1 saturated heterocycles. The standard InChI is InChI=1S/C39H47FN8O6S/c1-22(2)34(41)37(50)46-35(23(3)4)38(51)53-21-33(49)48-15-13-47(14-16-48)20-24-5-9-28(43-19-24)32-18-29-36(55-32)31(11-12-42-29)54-30-10-8-26(17-27(30)40)45-39(52)44-25-6-7-25/h5,8-12,17-19,22-23,25,34-35H,6-7,13-16,20-21,41H2,1-4H3,(H,46,50)(H2,44,45,52). The fourth-order valence-electron chi connectivity index (χ4n) is 5.92. The average molecular weight is 775 g/mol. The van der Waals surface area contributed by atoms with Gasteiger partial charge >= 0.3 is 12.0 Å². The number of thiophene rings is 1. The van der Waals surface area contributed by atoms with E-state index in [9.17, 15) is 23.6 Å². The number of ether oxygens (including phenoxy) is 2. The second kappa shape index (κ2) is 17.5. The van der Waals surface area contributed by atoms with Crippen LogP contribution in [0.25, 0.3) is 20.8 Å². The van der Waals surface area contributed by atoms with Gasteiger partial charge in [-0.1, -0.05) is 33.8 Å². The third-order valence-electron chi connectivity index (χ3n) is 9.48. The van der Waals surface area contributed by atoms with Crippen LogP contribution in [0, 0.1) is 17.7 Å². The number of halogens is 1. The lowest BCUT2D eigenvalue weighted by atomic mass is 10.0. The van der Waals surface area contributed by atoms with Gasteiger partial charge in [0.2, 0.25) is 5.91 Å². The molecule has 2 aliphatic rings. The van der Waals surface area contributed by atoms with Crippen molar-refractivity contribution in [2.45, 2.75) is 65.2 Å². The monoisotopic (exact) mass is 774 g/mol. The lowest BCUT2D eigenvalue weighted by Crippen LogP contribution is -2.53. The summed E-state index contributed by atoms with van der Waals surface area (Å²) in [5.41, 5.74) is 8.72. The van der Waals surface area contributed by atoms with Crippen molar-refractivity contribution in [1.82, 2.24) is 30.4 Å². The highest BCUT2D eigenvalue weighted by molar-refractivity contribution is 7.22. The Morgan fingerprint density at radius 1 is 0.964 bits per heavy atom. The molecule has 5 N–H and O–H groups in total. The first-order chi connectivity index (χ1) is 26.3. The van der Waals surface area contributed by atoms with Gasteiger partial charge in [-0.25, -0.2) is 14.0 Å². The minimum Gasteiger partial charge on any atom is -0.454 e. The molecule has 1 aliphatic heterocycles. The molecule has 4 heterocycles. The molecule has 2 fully saturated rings. The molecule has 292 valence electrons. The van der Waals surface area contributed by atoms with E-state index >= 15 is 0 Å². The van der Waals surface area contributed by atoms with E-state index in [0.717, 1.165) is 33.7 Å². The molecule has 2 atom stereocenters. The zero-order valence-electron chi connectivity index (χ0n) is 31.3. The number of rotatable bonds is 14. The van der Waals surface area contributed by atoms with Crippen LogP contribution in [0.1, 0.15) is 46.1 Å². The van der Waals surface area contributed by atoms with Gasteiger partial charge in [-0.05, 0) is 54.5 Å². The Morgan fingerprint density at radius 2 is 1.73 bits per heavy atom. The maximum absolute atomic E-state index is 15.0. The number of anilines is 1. The molecule has 16 heteroatoms. The summed E-state index contributed by atoms with van der Waals surface area (Å²) in [6.07, 6.45) is 5.34. The van der Waals surface area contributed by atoms with E-state index in [1.54, 1.807) is 37.1 Å². The first-order valence-electron chi connectivity index (χ1n) is 18.5. The van der Waals surface area contributed by atoms with Gasteiger partial charge in [0, 0.05) is 69.0 Å². The maximum Gasteiger partial charge on any atom is 0.329 e. The van der Waals surface area contributed by atoms with E-state index in [1.165, 1.54) is 23.5 Å². The molecule has 2 unspecified atom stereocenters. The zero-order valence-corrected chi connectivity index (χ0v) is 32.2. The van der Waals surface area contributed by atoms with E-state index in [4.69, 9.17) is 20.2 Å². The van der Waals surface area contributed by atoms with Crippen molar-refractivity contribution in [2.24, 2.45) is 17.6 Å². The fourth-order valence-corrected chi connectivity index (χ4v) is 6.97. The molecule has 6 rings (SSSR count). The van der Waals surface area contributed by atoms with Crippen LogP contribution in [0.3, 0.4) is 0 Å². The summed E-state index contributed by atoms with van der Waals surface area (Å²) in [5, 5.41) is 8.12. The largest absolute Gasteiger partial charge is 0.454 e. The third kappa shape index (κ3) is 10.3. The predicted molar refractivity (Wildman–Crippen MR) is 207 cm³/mol. The molecule has 14 nitrogen and oxygen atoms in total. The highest BCUT2D eigenvalue weighted by atomic mass is 32.1. The number of carbonyl (C=O) groups is 4. The third-order valence-corrected chi connectivity index (χ3v) is 10.6. The van der Waals surface area contributed by atoms with Crippen LogP contribution in [0.15, 0.2) is 54.9 Å². The van der Waals surface area contributed by atoms with Crippen molar-refractivity contribution in [3.63, 3.8) is 0 Å². The highest BCUT2D eigenvalue weighted by Crippen LogP contribution is 2.39. The second-order valence-corrected chi connectivity index (χ2v) is 15.6. The summed E-state index contributed by atoms with van der Waals surface area (Å²) in [5.74, 6) is -1.85.